The zero-order chi connectivity index (χ0) is 26.4. The van der Waals surface area contributed by atoms with Gasteiger partial charge in [0.15, 0.2) is 0 Å². The third-order valence-electron chi connectivity index (χ3n) is 7.08. The topological polar surface area (TPSA) is 52.6 Å². The first-order chi connectivity index (χ1) is 17.7. The average molecular weight is 511 g/mol. The number of ether oxygens (including phenoxy) is 2. The standard InChI is InChI=1S/C32H62O4/c1-3-5-7-9-11-13-15-17-19-21-23-25-27-31(33)35-29-30-36-32(34)28-26-24-22-20-18-16-14-12-10-8-6-4-2/h3-30H2,1-2H3. The maximum Gasteiger partial charge on any atom is 0.305 e. The summed E-state index contributed by atoms with van der Waals surface area (Å²) in [4.78, 5) is 23.6. The lowest BCUT2D eigenvalue weighted by molar-refractivity contribution is -0.152. The van der Waals surface area contributed by atoms with Crippen LogP contribution >= 0.6 is 0 Å². The Morgan fingerprint density at radius 1 is 0.361 bits per heavy atom. The van der Waals surface area contributed by atoms with Gasteiger partial charge in [0.05, 0.1) is 0 Å². The summed E-state index contributed by atoms with van der Waals surface area (Å²) in [6.07, 6.45) is 31.8. The van der Waals surface area contributed by atoms with Crippen LogP contribution in [0.5, 0.6) is 0 Å². The fraction of sp³-hybridized carbons (Fsp3) is 0.938. The van der Waals surface area contributed by atoms with Crippen LogP contribution in [0.1, 0.15) is 181 Å². The maximum absolute atomic E-state index is 11.8. The van der Waals surface area contributed by atoms with Crippen molar-refractivity contribution in [1.29, 1.82) is 0 Å². The molecule has 4 nitrogen and oxygen atoms in total. The molecule has 214 valence electrons. The Hall–Kier alpha value is -1.06. The van der Waals surface area contributed by atoms with E-state index in [1.807, 2.05) is 0 Å². The highest BCUT2D eigenvalue weighted by molar-refractivity contribution is 5.70. The normalized spacial score (nSPS) is 11.1. The molecule has 0 aromatic carbocycles. The Bertz CT molecular complexity index is 421. The summed E-state index contributed by atoms with van der Waals surface area (Å²) < 4.78 is 10.4. The van der Waals surface area contributed by atoms with Crippen LogP contribution in [-0.4, -0.2) is 25.2 Å². The summed E-state index contributed by atoms with van der Waals surface area (Å²) in [5, 5.41) is 0. The van der Waals surface area contributed by atoms with Crippen LogP contribution < -0.4 is 0 Å². The van der Waals surface area contributed by atoms with Crippen molar-refractivity contribution in [3.8, 4) is 0 Å². The zero-order valence-electron chi connectivity index (χ0n) is 24.4. The lowest BCUT2D eigenvalue weighted by atomic mass is 10.0. The molecule has 0 aromatic rings. The van der Waals surface area contributed by atoms with Crippen LogP contribution in [0.2, 0.25) is 0 Å². The van der Waals surface area contributed by atoms with Crippen LogP contribution in [0.3, 0.4) is 0 Å². The lowest BCUT2D eigenvalue weighted by Gasteiger charge is -2.07. The molecule has 0 atom stereocenters. The van der Waals surface area contributed by atoms with E-state index in [-0.39, 0.29) is 25.2 Å². The van der Waals surface area contributed by atoms with Crippen LogP contribution in [0.25, 0.3) is 0 Å². The van der Waals surface area contributed by atoms with E-state index in [1.165, 1.54) is 128 Å². The molecule has 0 spiro atoms. The molecule has 4 heteroatoms. The van der Waals surface area contributed by atoms with Gasteiger partial charge in [0.1, 0.15) is 13.2 Å². The Balaban J connectivity index is 3.27. The summed E-state index contributed by atoms with van der Waals surface area (Å²) in [7, 11) is 0. The predicted molar refractivity (Wildman–Crippen MR) is 153 cm³/mol. The van der Waals surface area contributed by atoms with Gasteiger partial charge in [0, 0.05) is 12.8 Å². The molecule has 0 aliphatic heterocycles. The van der Waals surface area contributed by atoms with Gasteiger partial charge in [-0.3, -0.25) is 9.59 Å². The van der Waals surface area contributed by atoms with E-state index in [0.29, 0.717) is 12.8 Å². The van der Waals surface area contributed by atoms with Crippen LogP contribution in [0, 0.1) is 0 Å². The monoisotopic (exact) mass is 510 g/mol. The van der Waals surface area contributed by atoms with Crippen molar-refractivity contribution in [3.63, 3.8) is 0 Å². The second-order valence-electron chi connectivity index (χ2n) is 10.7. The Morgan fingerprint density at radius 3 is 0.833 bits per heavy atom. The summed E-state index contributed by atoms with van der Waals surface area (Å²) >= 11 is 0. The summed E-state index contributed by atoms with van der Waals surface area (Å²) in [6.45, 7) is 4.89. The number of unbranched alkanes of at least 4 members (excludes halogenated alkanes) is 22. The van der Waals surface area contributed by atoms with E-state index < -0.39 is 0 Å². The molecule has 0 fully saturated rings. The van der Waals surface area contributed by atoms with Gasteiger partial charge in [0.2, 0.25) is 0 Å². The van der Waals surface area contributed by atoms with Crippen LogP contribution in [0.4, 0.5) is 0 Å². The molecule has 0 amide bonds. The first-order valence-electron chi connectivity index (χ1n) is 16.0. The van der Waals surface area contributed by atoms with Gasteiger partial charge in [-0.15, -0.1) is 0 Å². The van der Waals surface area contributed by atoms with Crippen molar-refractivity contribution in [3.05, 3.63) is 0 Å². The first kappa shape index (κ1) is 34.9. The summed E-state index contributed by atoms with van der Waals surface area (Å²) in [5.74, 6) is -0.335. The SMILES string of the molecule is CCCCCCCCCCCCCCC(=O)OCCOC(=O)CCCCCCCCCCCCCC. The van der Waals surface area contributed by atoms with E-state index in [9.17, 15) is 9.59 Å². The Labute approximate surface area is 225 Å². The molecule has 0 aliphatic carbocycles. The second kappa shape index (κ2) is 30.2. The van der Waals surface area contributed by atoms with Gasteiger partial charge in [-0.1, -0.05) is 155 Å². The molecular weight excluding hydrogens is 448 g/mol. The zero-order valence-corrected chi connectivity index (χ0v) is 24.4. The summed E-state index contributed by atoms with van der Waals surface area (Å²) in [6, 6.07) is 0. The fourth-order valence-electron chi connectivity index (χ4n) is 4.68. The molecule has 0 N–H and O–H groups in total. The molecule has 36 heavy (non-hydrogen) atoms. The van der Waals surface area contributed by atoms with E-state index in [2.05, 4.69) is 13.8 Å². The number of hydrogen-bond donors (Lipinski definition) is 0. The largest absolute Gasteiger partial charge is 0.462 e. The Kier molecular flexibility index (Phi) is 29.3. The molecular formula is C32H62O4. The van der Waals surface area contributed by atoms with E-state index in [0.717, 1.165) is 25.7 Å². The maximum atomic E-state index is 11.8. The quantitative estimate of drug-likeness (QED) is 0.0741. The minimum atomic E-state index is -0.168. The third kappa shape index (κ3) is 29.2. The Morgan fingerprint density at radius 2 is 0.583 bits per heavy atom. The third-order valence-corrected chi connectivity index (χ3v) is 7.08. The number of rotatable bonds is 29. The summed E-state index contributed by atoms with van der Waals surface area (Å²) in [5.41, 5.74) is 0. The number of carbonyl (C=O) groups is 2. The van der Waals surface area contributed by atoms with E-state index >= 15 is 0 Å². The van der Waals surface area contributed by atoms with Crippen molar-refractivity contribution >= 4 is 11.9 Å². The van der Waals surface area contributed by atoms with Crippen molar-refractivity contribution in [1.82, 2.24) is 0 Å². The molecule has 0 bridgehead atoms. The number of hydrogen-bond acceptors (Lipinski definition) is 4. The van der Waals surface area contributed by atoms with Gasteiger partial charge in [0.25, 0.3) is 0 Å². The molecule has 0 aliphatic rings. The van der Waals surface area contributed by atoms with Crippen molar-refractivity contribution in [2.45, 2.75) is 181 Å². The molecule has 0 radical (unpaired) electrons. The second-order valence-corrected chi connectivity index (χ2v) is 10.7. The fourth-order valence-corrected chi connectivity index (χ4v) is 4.68. The first-order valence-corrected chi connectivity index (χ1v) is 16.0. The minimum absolute atomic E-state index is 0.168. The molecule has 0 saturated carbocycles. The van der Waals surface area contributed by atoms with Gasteiger partial charge >= 0.3 is 11.9 Å². The molecule has 0 saturated heterocycles. The molecule has 0 unspecified atom stereocenters. The van der Waals surface area contributed by atoms with Crippen molar-refractivity contribution < 1.29 is 19.1 Å². The molecule has 0 rings (SSSR count). The lowest BCUT2D eigenvalue weighted by Crippen LogP contribution is -2.13. The number of esters is 2. The van der Waals surface area contributed by atoms with Gasteiger partial charge in [-0.25, -0.2) is 0 Å². The van der Waals surface area contributed by atoms with Crippen molar-refractivity contribution in [2.75, 3.05) is 13.2 Å². The highest BCUT2D eigenvalue weighted by Crippen LogP contribution is 2.14. The highest BCUT2D eigenvalue weighted by atomic mass is 16.6. The molecule has 0 heterocycles. The highest BCUT2D eigenvalue weighted by Gasteiger charge is 2.06. The van der Waals surface area contributed by atoms with E-state index in [4.69, 9.17) is 9.47 Å². The minimum Gasteiger partial charge on any atom is -0.462 e. The van der Waals surface area contributed by atoms with Gasteiger partial charge in [-0.05, 0) is 12.8 Å². The average Bonchev–Trinajstić information content (AvgIpc) is 2.88. The van der Waals surface area contributed by atoms with Crippen molar-refractivity contribution in [2.24, 2.45) is 0 Å². The van der Waals surface area contributed by atoms with Gasteiger partial charge < -0.3 is 9.47 Å². The van der Waals surface area contributed by atoms with Crippen LogP contribution in [-0.2, 0) is 19.1 Å². The predicted octanol–water partition coefficient (Wildman–Crippen LogP) is 10.3. The smallest absolute Gasteiger partial charge is 0.305 e. The van der Waals surface area contributed by atoms with E-state index in [1.54, 1.807) is 0 Å². The van der Waals surface area contributed by atoms with Gasteiger partial charge in [-0.2, -0.15) is 0 Å². The van der Waals surface area contributed by atoms with Crippen LogP contribution in [0.15, 0.2) is 0 Å². The number of carbonyl (C=O) groups excluding carboxylic acids is 2. The molecule has 0 aromatic heterocycles.